The molecule has 1 aromatic rings. The summed E-state index contributed by atoms with van der Waals surface area (Å²) in [5, 5.41) is 9.27. The first kappa shape index (κ1) is 14.4. The van der Waals surface area contributed by atoms with E-state index in [1.165, 1.54) is 11.1 Å². The molecule has 18 heavy (non-hydrogen) atoms. The average molecular weight is 252 g/mol. The molecule has 0 fully saturated rings. The van der Waals surface area contributed by atoms with Crippen LogP contribution < -0.4 is 5.73 Å². The second-order valence-corrected chi connectivity index (χ2v) is 4.72. The number of hydrogen-bond acceptors (Lipinski definition) is 5. The SMILES string of the molecule is CC(O)CN(C)C(=O)c1nc(C(C)C)ncc1N. The van der Waals surface area contributed by atoms with Gasteiger partial charge in [0.05, 0.1) is 18.0 Å². The standard InChI is InChI=1S/C12H20N4O2/c1-7(2)11-14-5-9(13)10(15-11)12(18)16(4)6-8(3)17/h5,7-8,17H,6,13H2,1-4H3. The van der Waals surface area contributed by atoms with E-state index >= 15 is 0 Å². The summed E-state index contributed by atoms with van der Waals surface area (Å²) in [6.45, 7) is 5.74. The van der Waals surface area contributed by atoms with Crippen LogP contribution in [0.25, 0.3) is 0 Å². The van der Waals surface area contributed by atoms with Crippen LogP contribution in [0.1, 0.15) is 43.0 Å². The second-order valence-electron chi connectivity index (χ2n) is 4.72. The van der Waals surface area contributed by atoms with Gasteiger partial charge in [-0.1, -0.05) is 13.8 Å². The fourth-order valence-electron chi connectivity index (χ4n) is 1.51. The summed E-state index contributed by atoms with van der Waals surface area (Å²) in [5.41, 5.74) is 6.17. The molecule has 0 bridgehead atoms. The van der Waals surface area contributed by atoms with Gasteiger partial charge in [0.1, 0.15) is 5.82 Å². The quantitative estimate of drug-likeness (QED) is 0.820. The fourth-order valence-corrected chi connectivity index (χ4v) is 1.51. The Balaban J connectivity index is 3.00. The summed E-state index contributed by atoms with van der Waals surface area (Å²) in [7, 11) is 1.60. The molecular weight excluding hydrogens is 232 g/mol. The lowest BCUT2D eigenvalue weighted by Gasteiger charge is -2.19. The lowest BCUT2D eigenvalue weighted by molar-refractivity contribution is 0.0698. The number of carbonyl (C=O) groups is 1. The number of rotatable bonds is 4. The minimum Gasteiger partial charge on any atom is -0.396 e. The highest BCUT2D eigenvalue weighted by Gasteiger charge is 2.19. The van der Waals surface area contributed by atoms with Crippen molar-refractivity contribution >= 4 is 11.6 Å². The van der Waals surface area contributed by atoms with Crippen LogP contribution in [0.2, 0.25) is 0 Å². The van der Waals surface area contributed by atoms with Gasteiger partial charge in [-0.05, 0) is 6.92 Å². The predicted octanol–water partition coefficient (Wildman–Crippen LogP) is 0.635. The highest BCUT2D eigenvalue weighted by atomic mass is 16.3. The molecule has 100 valence electrons. The number of nitrogen functional groups attached to an aromatic ring is 1. The zero-order valence-corrected chi connectivity index (χ0v) is 11.2. The van der Waals surface area contributed by atoms with E-state index in [1.54, 1.807) is 14.0 Å². The molecule has 0 spiro atoms. The molecule has 3 N–H and O–H groups in total. The van der Waals surface area contributed by atoms with Gasteiger partial charge in [-0.15, -0.1) is 0 Å². The summed E-state index contributed by atoms with van der Waals surface area (Å²) in [4.78, 5) is 21.8. The van der Waals surface area contributed by atoms with Crippen LogP contribution in [-0.4, -0.2) is 45.6 Å². The lowest BCUT2D eigenvalue weighted by atomic mass is 10.2. The molecule has 6 heteroatoms. The molecule has 0 aliphatic rings. The number of hydrogen-bond donors (Lipinski definition) is 2. The Morgan fingerprint density at radius 3 is 2.61 bits per heavy atom. The highest BCUT2D eigenvalue weighted by molar-refractivity contribution is 5.96. The van der Waals surface area contributed by atoms with E-state index in [0.717, 1.165) is 0 Å². The van der Waals surface area contributed by atoms with E-state index in [-0.39, 0.29) is 29.8 Å². The lowest BCUT2D eigenvalue weighted by Crippen LogP contribution is -2.34. The summed E-state index contributed by atoms with van der Waals surface area (Å²) in [5.74, 6) is 0.398. The Hall–Kier alpha value is -1.69. The summed E-state index contributed by atoms with van der Waals surface area (Å²) in [6, 6.07) is 0. The van der Waals surface area contributed by atoms with Crippen LogP contribution in [0.4, 0.5) is 5.69 Å². The molecule has 1 amide bonds. The molecule has 0 aliphatic carbocycles. The third kappa shape index (κ3) is 3.40. The molecule has 0 radical (unpaired) electrons. The zero-order chi connectivity index (χ0) is 13.9. The zero-order valence-electron chi connectivity index (χ0n) is 11.2. The second kappa shape index (κ2) is 5.77. The fraction of sp³-hybridized carbons (Fsp3) is 0.583. The van der Waals surface area contributed by atoms with Crippen LogP contribution in [0, 0.1) is 0 Å². The van der Waals surface area contributed by atoms with E-state index in [4.69, 9.17) is 5.73 Å². The third-order valence-corrected chi connectivity index (χ3v) is 2.44. The molecule has 1 unspecified atom stereocenters. The van der Waals surface area contributed by atoms with Crippen LogP contribution in [0.15, 0.2) is 6.20 Å². The van der Waals surface area contributed by atoms with Gasteiger partial charge in [0, 0.05) is 19.5 Å². The molecule has 0 saturated heterocycles. The Morgan fingerprint density at radius 1 is 1.50 bits per heavy atom. The average Bonchev–Trinajstić information content (AvgIpc) is 2.27. The van der Waals surface area contributed by atoms with Gasteiger partial charge in [-0.3, -0.25) is 4.79 Å². The molecule has 1 rings (SSSR count). The Labute approximate surface area is 107 Å². The highest BCUT2D eigenvalue weighted by Crippen LogP contribution is 2.15. The van der Waals surface area contributed by atoms with Crippen molar-refractivity contribution in [3.8, 4) is 0 Å². The van der Waals surface area contributed by atoms with Gasteiger partial charge in [0.25, 0.3) is 5.91 Å². The molecule has 0 aromatic carbocycles. The van der Waals surface area contributed by atoms with Crippen molar-refractivity contribution in [3.05, 3.63) is 17.7 Å². The monoisotopic (exact) mass is 252 g/mol. The number of nitrogens with zero attached hydrogens (tertiary/aromatic N) is 3. The molecule has 1 atom stereocenters. The van der Waals surface area contributed by atoms with Gasteiger partial charge in [0.15, 0.2) is 5.69 Å². The Bertz CT molecular complexity index is 432. The Kier molecular flexibility index (Phi) is 4.61. The number of nitrogens with two attached hydrogens (primary N) is 1. The van der Waals surface area contributed by atoms with Crippen molar-refractivity contribution in [2.75, 3.05) is 19.3 Å². The van der Waals surface area contributed by atoms with Gasteiger partial charge in [-0.25, -0.2) is 9.97 Å². The van der Waals surface area contributed by atoms with E-state index in [9.17, 15) is 9.90 Å². The summed E-state index contributed by atoms with van der Waals surface area (Å²) < 4.78 is 0. The number of aromatic nitrogens is 2. The molecule has 1 heterocycles. The van der Waals surface area contributed by atoms with Crippen LogP contribution in [0.5, 0.6) is 0 Å². The minimum absolute atomic E-state index is 0.124. The van der Waals surface area contributed by atoms with E-state index in [0.29, 0.717) is 5.82 Å². The van der Waals surface area contributed by atoms with Gasteiger partial charge in [0.2, 0.25) is 0 Å². The molecule has 0 aliphatic heterocycles. The molecule has 6 nitrogen and oxygen atoms in total. The third-order valence-electron chi connectivity index (χ3n) is 2.44. The van der Waals surface area contributed by atoms with Crippen molar-refractivity contribution in [1.29, 1.82) is 0 Å². The largest absolute Gasteiger partial charge is 0.396 e. The number of likely N-dealkylation sites (N-methyl/N-ethyl adjacent to an activating group) is 1. The molecule has 1 aromatic heterocycles. The predicted molar refractivity (Wildman–Crippen MR) is 69.2 cm³/mol. The van der Waals surface area contributed by atoms with Crippen molar-refractivity contribution < 1.29 is 9.90 Å². The number of aliphatic hydroxyl groups is 1. The number of anilines is 1. The van der Waals surface area contributed by atoms with Gasteiger partial charge < -0.3 is 15.7 Å². The number of carbonyl (C=O) groups excluding carboxylic acids is 1. The summed E-state index contributed by atoms with van der Waals surface area (Å²) >= 11 is 0. The molecular formula is C12H20N4O2. The van der Waals surface area contributed by atoms with Crippen molar-refractivity contribution in [1.82, 2.24) is 14.9 Å². The van der Waals surface area contributed by atoms with Crippen LogP contribution in [-0.2, 0) is 0 Å². The van der Waals surface area contributed by atoms with Gasteiger partial charge in [-0.2, -0.15) is 0 Å². The van der Waals surface area contributed by atoms with Crippen LogP contribution in [0.3, 0.4) is 0 Å². The maximum absolute atomic E-state index is 12.1. The maximum atomic E-state index is 12.1. The van der Waals surface area contributed by atoms with Crippen LogP contribution >= 0.6 is 0 Å². The Morgan fingerprint density at radius 2 is 2.11 bits per heavy atom. The van der Waals surface area contributed by atoms with Crippen molar-refractivity contribution in [2.45, 2.75) is 32.8 Å². The summed E-state index contributed by atoms with van der Waals surface area (Å²) in [6.07, 6.45) is 0.859. The van der Waals surface area contributed by atoms with E-state index in [1.807, 2.05) is 13.8 Å². The topological polar surface area (TPSA) is 92.3 Å². The van der Waals surface area contributed by atoms with Crippen molar-refractivity contribution in [3.63, 3.8) is 0 Å². The first-order valence-corrected chi connectivity index (χ1v) is 5.88. The van der Waals surface area contributed by atoms with E-state index < -0.39 is 6.10 Å². The molecule has 0 saturated carbocycles. The minimum atomic E-state index is -0.591. The normalized spacial score (nSPS) is 12.6. The maximum Gasteiger partial charge on any atom is 0.274 e. The number of amides is 1. The first-order chi connectivity index (χ1) is 8.32. The number of aliphatic hydroxyl groups excluding tert-OH is 1. The van der Waals surface area contributed by atoms with Crippen molar-refractivity contribution in [2.24, 2.45) is 0 Å². The van der Waals surface area contributed by atoms with Gasteiger partial charge >= 0.3 is 0 Å². The smallest absolute Gasteiger partial charge is 0.274 e. The first-order valence-electron chi connectivity index (χ1n) is 5.88. The van der Waals surface area contributed by atoms with E-state index in [2.05, 4.69) is 9.97 Å².